The lowest BCUT2D eigenvalue weighted by Gasteiger charge is -2.17. The molecule has 11 heteroatoms. The van der Waals surface area contributed by atoms with Gasteiger partial charge < -0.3 is 0 Å². The number of rotatable bonds is 5. The van der Waals surface area contributed by atoms with Gasteiger partial charge in [-0.3, -0.25) is 10.1 Å². The zero-order valence-corrected chi connectivity index (χ0v) is 20.4. The van der Waals surface area contributed by atoms with Gasteiger partial charge in [-0.25, -0.2) is 13.4 Å². The third-order valence-electron chi connectivity index (χ3n) is 5.24. The average molecular weight is 551 g/mol. The predicted octanol–water partition coefficient (Wildman–Crippen LogP) is 6.32. The summed E-state index contributed by atoms with van der Waals surface area (Å²) in [7, 11) is -4.11. The smallest absolute Gasteiger partial charge is 0.298 e. The largest absolute Gasteiger partial charge is 0.417 e. The highest BCUT2D eigenvalue weighted by atomic mass is 79.9. The summed E-state index contributed by atoms with van der Waals surface area (Å²) >= 11 is 4.44. The SMILES string of the molecule is CS(=O)(=O)c1ccc(/C(=C\C2CCCCCC2)C(=O)Nc2ncc(Br)s2)cc1C(F)(F)F. The molecule has 174 valence electrons. The van der Waals surface area contributed by atoms with Crippen molar-refractivity contribution >= 4 is 53.7 Å². The molecule has 0 unspecified atom stereocenters. The Labute approximate surface area is 197 Å². The maximum Gasteiger partial charge on any atom is 0.417 e. The van der Waals surface area contributed by atoms with E-state index in [1.54, 1.807) is 6.08 Å². The number of benzene rings is 1. The molecule has 2 aromatic rings. The first-order valence-corrected chi connectivity index (χ1v) is 13.5. The van der Waals surface area contributed by atoms with Crippen LogP contribution in [0.2, 0.25) is 0 Å². The van der Waals surface area contributed by atoms with Crippen LogP contribution in [0, 0.1) is 5.92 Å². The number of amides is 1. The fourth-order valence-corrected chi connectivity index (χ4v) is 5.73. The Kier molecular flexibility index (Phi) is 7.82. The minimum absolute atomic E-state index is 0.0158. The average Bonchev–Trinajstić information content (AvgIpc) is 2.94. The Hall–Kier alpha value is -1.72. The van der Waals surface area contributed by atoms with E-state index >= 15 is 0 Å². The highest BCUT2D eigenvalue weighted by Gasteiger charge is 2.37. The first-order chi connectivity index (χ1) is 14.9. The first kappa shape index (κ1) is 24.9. The molecule has 0 spiro atoms. The normalized spacial score (nSPS) is 16.6. The second-order valence-corrected chi connectivity index (χ2v) is 12.1. The zero-order valence-electron chi connectivity index (χ0n) is 17.2. The molecular weight excluding hydrogens is 529 g/mol. The monoisotopic (exact) mass is 550 g/mol. The van der Waals surface area contributed by atoms with Gasteiger partial charge in [-0.05, 0) is 52.4 Å². The van der Waals surface area contributed by atoms with Crippen molar-refractivity contribution in [3.8, 4) is 0 Å². The third kappa shape index (κ3) is 6.41. The van der Waals surface area contributed by atoms with Crippen LogP contribution in [0.25, 0.3) is 5.57 Å². The number of sulfone groups is 1. The number of thiazole rings is 1. The molecule has 1 fully saturated rings. The van der Waals surface area contributed by atoms with Gasteiger partial charge in [-0.1, -0.05) is 49.2 Å². The second kappa shape index (κ2) is 10.0. The summed E-state index contributed by atoms with van der Waals surface area (Å²) in [6, 6.07) is 2.92. The molecule has 0 saturated heterocycles. The van der Waals surface area contributed by atoms with Crippen molar-refractivity contribution in [2.24, 2.45) is 5.92 Å². The molecule has 1 aliphatic carbocycles. The van der Waals surface area contributed by atoms with Crippen LogP contribution in [0.4, 0.5) is 18.3 Å². The minimum atomic E-state index is -4.89. The van der Waals surface area contributed by atoms with Gasteiger partial charge in [0.15, 0.2) is 15.0 Å². The highest BCUT2D eigenvalue weighted by Crippen LogP contribution is 2.37. The predicted molar refractivity (Wildman–Crippen MR) is 122 cm³/mol. The van der Waals surface area contributed by atoms with E-state index in [0.717, 1.165) is 56.9 Å². The number of halogens is 4. The molecule has 3 rings (SSSR count). The van der Waals surface area contributed by atoms with Crippen LogP contribution >= 0.6 is 27.3 Å². The molecule has 1 saturated carbocycles. The van der Waals surface area contributed by atoms with Gasteiger partial charge in [-0.2, -0.15) is 13.2 Å². The highest BCUT2D eigenvalue weighted by molar-refractivity contribution is 9.11. The zero-order chi connectivity index (χ0) is 23.5. The van der Waals surface area contributed by atoms with Crippen LogP contribution in [-0.2, 0) is 20.8 Å². The van der Waals surface area contributed by atoms with Gasteiger partial charge in [0.25, 0.3) is 5.91 Å². The Balaban J connectivity index is 2.08. The Morgan fingerprint density at radius 3 is 2.41 bits per heavy atom. The van der Waals surface area contributed by atoms with Gasteiger partial charge in [0.2, 0.25) is 0 Å². The van der Waals surface area contributed by atoms with Crippen LogP contribution in [0.15, 0.2) is 39.2 Å². The van der Waals surface area contributed by atoms with Crippen molar-refractivity contribution in [3.05, 3.63) is 45.4 Å². The first-order valence-electron chi connectivity index (χ1n) is 10.0. The summed E-state index contributed by atoms with van der Waals surface area (Å²) in [6.07, 6.45) is 4.88. The summed E-state index contributed by atoms with van der Waals surface area (Å²) in [5, 5.41) is 2.94. The Morgan fingerprint density at radius 1 is 1.22 bits per heavy atom. The molecule has 0 radical (unpaired) electrons. The fourth-order valence-electron chi connectivity index (χ4n) is 3.74. The molecule has 0 aliphatic heterocycles. The van der Waals surface area contributed by atoms with Crippen molar-refractivity contribution in [2.75, 3.05) is 11.6 Å². The molecule has 32 heavy (non-hydrogen) atoms. The van der Waals surface area contributed by atoms with Crippen molar-refractivity contribution in [1.29, 1.82) is 0 Å². The lowest BCUT2D eigenvalue weighted by molar-refractivity contribution is -0.139. The van der Waals surface area contributed by atoms with E-state index in [1.807, 2.05) is 0 Å². The number of alkyl halides is 3. The van der Waals surface area contributed by atoms with E-state index in [2.05, 4.69) is 26.2 Å². The molecule has 1 amide bonds. The number of nitrogens with zero attached hydrogens (tertiary/aromatic N) is 1. The Bertz CT molecular complexity index is 1120. The van der Waals surface area contributed by atoms with E-state index in [4.69, 9.17) is 0 Å². The topological polar surface area (TPSA) is 76.1 Å². The van der Waals surface area contributed by atoms with Crippen LogP contribution in [0.1, 0.15) is 49.7 Å². The van der Waals surface area contributed by atoms with Gasteiger partial charge >= 0.3 is 6.18 Å². The number of hydrogen-bond acceptors (Lipinski definition) is 5. The maximum absolute atomic E-state index is 13.7. The van der Waals surface area contributed by atoms with E-state index in [9.17, 15) is 26.4 Å². The molecular formula is C21H22BrF3N2O3S2. The number of carbonyl (C=O) groups is 1. The van der Waals surface area contributed by atoms with E-state index in [-0.39, 0.29) is 17.1 Å². The Morgan fingerprint density at radius 2 is 1.88 bits per heavy atom. The molecule has 1 heterocycles. The van der Waals surface area contributed by atoms with Crippen molar-refractivity contribution in [1.82, 2.24) is 4.98 Å². The quantitative estimate of drug-likeness (QED) is 0.349. The molecule has 1 N–H and O–H groups in total. The number of nitrogens with one attached hydrogen (secondary N) is 1. The molecule has 1 aromatic carbocycles. The summed E-state index contributed by atoms with van der Waals surface area (Å²) in [5.41, 5.74) is -1.19. The van der Waals surface area contributed by atoms with Gasteiger partial charge in [0, 0.05) is 11.8 Å². The van der Waals surface area contributed by atoms with E-state index in [0.29, 0.717) is 8.92 Å². The third-order valence-corrected chi connectivity index (χ3v) is 7.79. The molecule has 1 aromatic heterocycles. The summed E-state index contributed by atoms with van der Waals surface area (Å²) < 4.78 is 65.6. The molecule has 5 nitrogen and oxygen atoms in total. The number of allylic oxidation sites excluding steroid dienone is 1. The van der Waals surface area contributed by atoms with Crippen LogP contribution in [-0.4, -0.2) is 25.6 Å². The molecule has 1 aliphatic rings. The van der Waals surface area contributed by atoms with E-state index in [1.165, 1.54) is 23.6 Å². The number of carbonyl (C=O) groups excluding carboxylic acids is 1. The fraction of sp³-hybridized carbons (Fsp3) is 0.429. The summed E-state index contributed by atoms with van der Waals surface area (Å²) in [6.45, 7) is 0. The molecule has 0 bridgehead atoms. The number of hydrogen-bond donors (Lipinski definition) is 1. The minimum Gasteiger partial charge on any atom is -0.298 e. The summed E-state index contributed by atoms with van der Waals surface area (Å²) in [5.74, 6) is -0.540. The number of anilines is 1. The van der Waals surface area contributed by atoms with Crippen LogP contribution in [0.3, 0.4) is 0 Å². The lowest BCUT2D eigenvalue weighted by Crippen LogP contribution is -2.17. The van der Waals surface area contributed by atoms with Gasteiger partial charge in [-0.15, -0.1) is 0 Å². The standard InChI is InChI=1S/C21H22BrF3N2O3S2/c1-32(29,30)17-9-8-14(11-16(17)21(23,24)25)15(10-13-6-4-2-3-5-7-13)19(28)27-20-26-12-18(22)31-20/h8-13H,2-7H2,1H3,(H,26,27,28)/b15-10+. The number of aromatic nitrogens is 1. The maximum atomic E-state index is 13.7. The van der Waals surface area contributed by atoms with Gasteiger partial charge in [0.05, 0.1) is 20.4 Å². The van der Waals surface area contributed by atoms with Crippen LogP contribution in [0.5, 0.6) is 0 Å². The lowest BCUT2D eigenvalue weighted by atomic mass is 9.93. The second-order valence-electron chi connectivity index (χ2n) is 7.74. The van der Waals surface area contributed by atoms with Crippen molar-refractivity contribution < 1.29 is 26.4 Å². The molecule has 0 atom stereocenters. The van der Waals surface area contributed by atoms with E-state index < -0.39 is 32.4 Å². The van der Waals surface area contributed by atoms with Crippen LogP contribution < -0.4 is 5.32 Å². The van der Waals surface area contributed by atoms with Crippen molar-refractivity contribution in [2.45, 2.75) is 49.6 Å². The van der Waals surface area contributed by atoms with Crippen molar-refractivity contribution in [3.63, 3.8) is 0 Å². The summed E-state index contributed by atoms with van der Waals surface area (Å²) in [4.78, 5) is 16.3. The van der Waals surface area contributed by atoms with Gasteiger partial charge in [0.1, 0.15) is 0 Å².